The smallest absolute Gasteiger partial charge is 0.414 e. The first-order valence-corrected chi connectivity index (χ1v) is 8.92. The monoisotopic (exact) mass is 412 g/mol. The Kier molecular flexibility index (Phi) is 10.0. The number of hydrogen-bond donors (Lipinski definition) is 1. The van der Waals surface area contributed by atoms with E-state index in [9.17, 15) is 4.79 Å². The number of amides is 1. The molecule has 0 aliphatic rings. The molecule has 0 heterocycles. The summed E-state index contributed by atoms with van der Waals surface area (Å²) in [5, 5.41) is 4.02. The van der Waals surface area contributed by atoms with Crippen molar-refractivity contribution in [1.29, 1.82) is 0 Å². The van der Waals surface area contributed by atoms with Crippen molar-refractivity contribution < 1.29 is 14.3 Å². The summed E-state index contributed by atoms with van der Waals surface area (Å²) in [6, 6.07) is 15.1. The second-order valence-corrected chi connectivity index (χ2v) is 6.55. The van der Waals surface area contributed by atoms with Crippen LogP contribution < -0.4 is 14.8 Å². The fourth-order valence-electron chi connectivity index (χ4n) is 2.45. The van der Waals surface area contributed by atoms with Crippen molar-refractivity contribution in [2.75, 3.05) is 27.7 Å². The van der Waals surface area contributed by atoms with Crippen molar-refractivity contribution in [3.63, 3.8) is 0 Å². The molecule has 0 aliphatic heterocycles. The van der Waals surface area contributed by atoms with E-state index in [1.54, 1.807) is 14.1 Å². The Bertz CT molecular complexity index is 691. The highest BCUT2D eigenvalue weighted by Gasteiger charge is 2.11. The number of halogens is 2. The minimum atomic E-state index is -0.387. The number of nitrogens with one attached hydrogen (secondary N) is 1. The maximum Gasteiger partial charge on any atom is 0.414 e. The molecule has 2 aromatic rings. The van der Waals surface area contributed by atoms with E-state index in [2.05, 4.69) is 5.32 Å². The molecule has 1 unspecified atom stereocenters. The van der Waals surface area contributed by atoms with Crippen molar-refractivity contribution in [3.05, 3.63) is 59.1 Å². The van der Waals surface area contributed by atoms with Crippen molar-refractivity contribution in [2.45, 2.75) is 18.9 Å². The largest absolute Gasteiger partial charge is 0.494 e. The van der Waals surface area contributed by atoms with E-state index < -0.39 is 0 Å². The summed E-state index contributed by atoms with van der Waals surface area (Å²) in [6.45, 7) is 0.637. The first kappa shape index (κ1) is 23.1. The molecule has 27 heavy (non-hydrogen) atoms. The van der Waals surface area contributed by atoms with Gasteiger partial charge in [0.25, 0.3) is 0 Å². The fourth-order valence-corrected chi connectivity index (χ4v) is 2.57. The number of nitrogens with zero attached hydrogens (tertiary/aromatic N) is 1. The van der Waals surface area contributed by atoms with Crippen molar-refractivity contribution >= 4 is 30.1 Å². The van der Waals surface area contributed by atoms with Crippen LogP contribution in [0.5, 0.6) is 11.5 Å². The zero-order valence-electron chi connectivity index (χ0n) is 15.8. The number of ether oxygens (including phenoxy) is 2. The molecule has 0 spiro atoms. The lowest BCUT2D eigenvalue weighted by molar-refractivity contribution is 0.172. The summed E-state index contributed by atoms with van der Waals surface area (Å²) >= 11 is 5.86. The first-order valence-electron chi connectivity index (χ1n) is 8.54. The zero-order chi connectivity index (χ0) is 18.9. The van der Waals surface area contributed by atoms with Crippen LogP contribution in [0.25, 0.3) is 0 Å². The zero-order valence-corrected chi connectivity index (χ0v) is 17.3. The van der Waals surface area contributed by atoms with Gasteiger partial charge in [-0.15, -0.1) is 12.4 Å². The van der Waals surface area contributed by atoms with E-state index in [1.165, 1.54) is 4.90 Å². The third kappa shape index (κ3) is 7.67. The number of benzene rings is 2. The van der Waals surface area contributed by atoms with Crippen LogP contribution in [0.2, 0.25) is 5.02 Å². The Hall–Kier alpha value is -1.95. The van der Waals surface area contributed by atoms with E-state index in [1.807, 2.05) is 55.6 Å². The van der Waals surface area contributed by atoms with Gasteiger partial charge in [0, 0.05) is 25.2 Å². The molecule has 0 saturated heterocycles. The summed E-state index contributed by atoms with van der Waals surface area (Å²) in [5.74, 6) is 1.36. The van der Waals surface area contributed by atoms with E-state index in [-0.39, 0.29) is 24.5 Å². The first-order chi connectivity index (χ1) is 12.5. The predicted octanol–water partition coefficient (Wildman–Crippen LogP) is 4.94. The Labute approximate surface area is 172 Å². The highest BCUT2D eigenvalue weighted by molar-refractivity contribution is 6.30. The molecule has 2 rings (SSSR count). The summed E-state index contributed by atoms with van der Waals surface area (Å²) in [7, 11) is 5.24. The summed E-state index contributed by atoms with van der Waals surface area (Å²) in [4.78, 5) is 13.0. The molecule has 0 bridgehead atoms. The topological polar surface area (TPSA) is 50.8 Å². The molecule has 7 heteroatoms. The van der Waals surface area contributed by atoms with Crippen LogP contribution in [-0.2, 0) is 0 Å². The van der Waals surface area contributed by atoms with Gasteiger partial charge in [-0.25, -0.2) is 4.79 Å². The summed E-state index contributed by atoms with van der Waals surface area (Å²) in [5.41, 5.74) is 1.14. The van der Waals surface area contributed by atoms with Gasteiger partial charge in [-0.2, -0.15) is 0 Å². The van der Waals surface area contributed by atoms with Crippen LogP contribution in [-0.4, -0.2) is 38.7 Å². The van der Waals surface area contributed by atoms with Crippen LogP contribution in [0.3, 0.4) is 0 Å². The molecule has 5 nitrogen and oxygen atoms in total. The molecule has 0 radical (unpaired) electrons. The third-order valence-corrected chi connectivity index (χ3v) is 4.17. The molecule has 0 aromatic heterocycles. The molecular formula is C20H26Cl2N2O3. The molecule has 0 fully saturated rings. The van der Waals surface area contributed by atoms with Gasteiger partial charge in [0.1, 0.15) is 11.5 Å². The van der Waals surface area contributed by atoms with Gasteiger partial charge >= 0.3 is 6.09 Å². The lowest BCUT2D eigenvalue weighted by Gasteiger charge is -2.17. The van der Waals surface area contributed by atoms with Gasteiger partial charge in [0.05, 0.1) is 6.61 Å². The lowest BCUT2D eigenvalue weighted by Crippen LogP contribution is -2.25. The summed E-state index contributed by atoms with van der Waals surface area (Å²) in [6.07, 6.45) is 1.45. The van der Waals surface area contributed by atoms with E-state index >= 15 is 0 Å². The minimum Gasteiger partial charge on any atom is -0.494 e. The van der Waals surface area contributed by atoms with Crippen LogP contribution in [0.4, 0.5) is 4.79 Å². The fraction of sp³-hybridized carbons (Fsp3) is 0.350. The minimum absolute atomic E-state index is 0. The number of rotatable bonds is 8. The molecule has 0 saturated carbocycles. The molecule has 1 N–H and O–H groups in total. The van der Waals surface area contributed by atoms with Gasteiger partial charge in [-0.05, 0) is 61.9 Å². The van der Waals surface area contributed by atoms with Crippen LogP contribution >= 0.6 is 24.0 Å². The molecule has 1 atom stereocenters. The second-order valence-electron chi connectivity index (χ2n) is 6.12. The number of hydrogen-bond acceptors (Lipinski definition) is 4. The summed E-state index contributed by atoms with van der Waals surface area (Å²) < 4.78 is 11.0. The van der Waals surface area contributed by atoms with E-state index in [4.69, 9.17) is 21.1 Å². The van der Waals surface area contributed by atoms with Gasteiger partial charge in [-0.1, -0.05) is 23.7 Å². The van der Waals surface area contributed by atoms with Crippen molar-refractivity contribution in [1.82, 2.24) is 10.2 Å². The van der Waals surface area contributed by atoms with Crippen molar-refractivity contribution in [3.8, 4) is 11.5 Å². The molecule has 0 aliphatic carbocycles. The van der Waals surface area contributed by atoms with Gasteiger partial charge < -0.3 is 19.7 Å². The number of carbonyl (C=O) groups is 1. The molecule has 148 valence electrons. The van der Waals surface area contributed by atoms with E-state index in [0.717, 1.165) is 24.2 Å². The van der Waals surface area contributed by atoms with Crippen LogP contribution in [0, 0.1) is 0 Å². The van der Waals surface area contributed by atoms with Gasteiger partial charge in [0.15, 0.2) is 0 Å². The molecular weight excluding hydrogens is 387 g/mol. The average Bonchev–Trinajstić information content (AvgIpc) is 2.64. The normalized spacial score (nSPS) is 11.3. The maximum absolute atomic E-state index is 11.6. The lowest BCUT2D eigenvalue weighted by atomic mass is 10.0. The van der Waals surface area contributed by atoms with Crippen molar-refractivity contribution in [2.24, 2.45) is 0 Å². The molecule has 1 amide bonds. The Morgan fingerprint density at radius 2 is 1.67 bits per heavy atom. The molecule has 2 aromatic carbocycles. The Morgan fingerprint density at radius 3 is 2.22 bits per heavy atom. The predicted molar refractivity (Wildman–Crippen MR) is 111 cm³/mol. The van der Waals surface area contributed by atoms with Gasteiger partial charge in [-0.3, -0.25) is 0 Å². The Morgan fingerprint density at radius 1 is 1.07 bits per heavy atom. The second kappa shape index (κ2) is 11.7. The highest BCUT2D eigenvalue weighted by atomic mass is 35.5. The van der Waals surface area contributed by atoms with Crippen LogP contribution in [0.1, 0.15) is 24.4 Å². The maximum atomic E-state index is 11.6. The highest BCUT2D eigenvalue weighted by Crippen LogP contribution is 2.22. The Balaban J connectivity index is 0.00000364. The van der Waals surface area contributed by atoms with E-state index in [0.29, 0.717) is 17.4 Å². The third-order valence-electron chi connectivity index (χ3n) is 3.92. The SMILES string of the molecule is CNC(CCCOc1ccc(Cl)cc1)c1ccc(OC(=O)N(C)C)cc1.Cl. The average molecular weight is 413 g/mol. The van der Waals surface area contributed by atoms with Crippen LogP contribution in [0.15, 0.2) is 48.5 Å². The quantitative estimate of drug-likeness (QED) is 0.623. The number of carbonyl (C=O) groups excluding carboxylic acids is 1. The van der Waals surface area contributed by atoms with Gasteiger partial charge in [0.2, 0.25) is 0 Å². The standard InChI is InChI=1S/C20H25ClN2O3.ClH/c1-22-19(5-4-14-25-17-12-8-16(21)9-13-17)15-6-10-18(11-7-15)26-20(24)23(2)3;/h6-13,19,22H,4-5,14H2,1-3H3;1H.